The van der Waals surface area contributed by atoms with Crippen molar-refractivity contribution in [1.29, 1.82) is 0 Å². The van der Waals surface area contributed by atoms with Crippen LogP contribution in [-0.2, 0) is 6.42 Å². The predicted octanol–water partition coefficient (Wildman–Crippen LogP) is 4.46. The van der Waals surface area contributed by atoms with Crippen LogP contribution in [0.4, 0.5) is 5.69 Å². The molecule has 1 aromatic carbocycles. The average molecular weight is 314 g/mol. The van der Waals surface area contributed by atoms with Crippen LogP contribution in [0.15, 0.2) is 12.1 Å². The summed E-state index contributed by atoms with van der Waals surface area (Å²) < 4.78 is 11.7. The maximum absolute atomic E-state index is 5.87. The molecule has 1 aliphatic rings. The molecule has 0 aliphatic carbocycles. The third kappa shape index (κ3) is 4.44. The number of nitrogens with zero attached hydrogens (tertiary/aromatic N) is 1. The van der Waals surface area contributed by atoms with Crippen molar-refractivity contribution in [3.05, 3.63) is 17.7 Å². The van der Waals surface area contributed by atoms with E-state index in [9.17, 15) is 0 Å². The number of anilines is 1. The van der Waals surface area contributed by atoms with E-state index in [0.29, 0.717) is 13.2 Å². The Balaban J connectivity index is 0.00000220. The van der Waals surface area contributed by atoms with E-state index < -0.39 is 0 Å². The summed E-state index contributed by atoms with van der Waals surface area (Å²) in [6.45, 7) is 9.90. The minimum absolute atomic E-state index is 0. The topological polar surface area (TPSA) is 21.7 Å². The Hall–Kier alpha value is -1.09. The number of halogens is 1. The number of hydrogen-bond donors (Lipinski definition) is 0. The van der Waals surface area contributed by atoms with Crippen molar-refractivity contribution in [2.75, 3.05) is 31.2 Å². The van der Waals surface area contributed by atoms with Gasteiger partial charge in [-0.3, -0.25) is 0 Å². The van der Waals surface area contributed by atoms with Gasteiger partial charge in [0.05, 0.1) is 18.9 Å². The number of aryl methyl sites for hydroxylation is 1. The number of ether oxygens (including phenoxy) is 2. The molecule has 2 rings (SSSR count). The summed E-state index contributed by atoms with van der Waals surface area (Å²) in [6, 6.07) is 4.34. The molecular weight excluding hydrogens is 286 g/mol. The van der Waals surface area contributed by atoms with Gasteiger partial charge in [-0.25, -0.2) is 0 Å². The molecule has 0 bridgehead atoms. The van der Waals surface area contributed by atoms with Crippen LogP contribution in [0.3, 0.4) is 0 Å². The van der Waals surface area contributed by atoms with Crippen molar-refractivity contribution in [1.82, 2.24) is 0 Å². The molecule has 21 heavy (non-hydrogen) atoms. The Labute approximate surface area is 135 Å². The van der Waals surface area contributed by atoms with Crippen LogP contribution >= 0.6 is 12.4 Å². The zero-order valence-corrected chi connectivity index (χ0v) is 14.3. The van der Waals surface area contributed by atoms with Gasteiger partial charge in [-0.1, -0.05) is 6.92 Å². The second-order valence-corrected chi connectivity index (χ2v) is 5.19. The lowest BCUT2D eigenvalue weighted by Gasteiger charge is -2.31. The van der Waals surface area contributed by atoms with Crippen molar-refractivity contribution < 1.29 is 9.47 Å². The summed E-state index contributed by atoms with van der Waals surface area (Å²) in [5.74, 6) is 2.02. The van der Waals surface area contributed by atoms with E-state index in [-0.39, 0.29) is 12.4 Å². The van der Waals surface area contributed by atoms with Crippen LogP contribution in [-0.4, -0.2) is 26.3 Å². The van der Waals surface area contributed by atoms with Crippen LogP contribution in [0.1, 0.15) is 45.6 Å². The van der Waals surface area contributed by atoms with E-state index in [0.717, 1.165) is 31.0 Å². The van der Waals surface area contributed by atoms with Crippen LogP contribution in [0.25, 0.3) is 0 Å². The van der Waals surface area contributed by atoms with E-state index in [1.807, 2.05) is 13.8 Å². The van der Waals surface area contributed by atoms with Gasteiger partial charge < -0.3 is 14.4 Å². The van der Waals surface area contributed by atoms with Gasteiger partial charge in [-0.2, -0.15) is 0 Å². The zero-order chi connectivity index (χ0) is 14.4. The van der Waals surface area contributed by atoms with E-state index in [1.165, 1.54) is 30.5 Å². The van der Waals surface area contributed by atoms with Crippen LogP contribution in [0.2, 0.25) is 0 Å². The first kappa shape index (κ1) is 18.0. The van der Waals surface area contributed by atoms with Gasteiger partial charge in [0.15, 0.2) is 0 Å². The average Bonchev–Trinajstić information content (AvgIpc) is 2.49. The monoisotopic (exact) mass is 313 g/mol. The molecular formula is C17H28ClNO2. The maximum atomic E-state index is 5.87. The van der Waals surface area contributed by atoms with Crippen molar-refractivity contribution in [2.45, 2.75) is 46.5 Å². The van der Waals surface area contributed by atoms with Gasteiger partial charge in [-0.05, 0) is 51.2 Å². The summed E-state index contributed by atoms with van der Waals surface area (Å²) >= 11 is 0. The van der Waals surface area contributed by atoms with Crippen molar-refractivity contribution in [3.8, 4) is 11.5 Å². The van der Waals surface area contributed by atoms with Crippen molar-refractivity contribution in [3.63, 3.8) is 0 Å². The second kappa shape index (κ2) is 9.04. The minimum atomic E-state index is 0. The summed E-state index contributed by atoms with van der Waals surface area (Å²) in [6.07, 6.45) is 4.84. The molecule has 1 fully saturated rings. The molecule has 0 atom stereocenters. The highest BCUT2D eigenvalue weighted by Crippen LogP contribution is 2.37. The van der Waals surface area contributed by atoms with Gasteiger partial charge in [-0.15, -0.1) is 12.4 Å². The van der Waals surface area contributed by atoms with E-state index in [1.54, 1.807) is 0 Å². The normalized spacial score (nSPS) is 14.5. The van der Waals surface area contributed by atoms with E-state index in [4.69, 9.17) is 9.47 Å². The lowest BCUT2D eigenvalue weighted by Crippen LogP contribution is -2.29. The lowest BCUT2D eigenvalue weighted by molar-refractivity contribution is 0.327. The molecule has 0 radical (unpaired) electrons. The number of benzene rings is 1. The predicted molar refractivity (Wildman–Crippen MR) is 91.5 cm³/mol. The quantitative estimate of drug-likeness (QED) is 0.774. The maximum Gasteiger partial charge on any atom is 0.143 e. The molecule has 3 nitrogen and oxygen atoms in total. The Kier molecular flexibility index (Phi) is 7.73. The molecule has 0 unspecified atom stereocenters. The molecule has 0 amide bonds. The first-order valence-electron chi connectivity index (χ1n) is 7.97. The Morgan fingerprint density at radius 2 is 1.52 bits per heavy atom. The Morgan fingerprint density at radius 3 is 2.10 bits per heavy atom. The lowest BCUT2D eigenvalue weighted by atomic mass is 10.1. The van der Waals surface area contributed by atoms with Gasteiger partial charge in [0, 0.05) is 19.2 Å². The molecule has 1 aliphatic heterocycles. The third-order valence-corrected chi connectivity index (χ3v) is 3.82. The fourth-order valence-electron chi connectivity index (χ4n) is 2.81. The van der Waals surface area contributed by atoms with E-state index >= 15 is 0 Å². The molecule has 0 saturated carbocycles. The Morgan fingerprint density at radius 1 is 0.905 bits per heavy atom. The van der Waals surface area contributed by atoms with Crippen LogP contribution < -0.4 is 14.4 Å². The molecule has 1 heterocycles. The van der Waals surface area contributed by atoms with Crippen LogP contribution in [0.5, 0.6) is 11.5 Å². The number of rotatable bonds is 6. The standard InChI is InChI=1S/C17H27NO2.ClH/c1-4-14-12-17(20-6-3)15(13-16(14)19-5-2)18-10-8-7-9-11-18;/h12-13H,4-11H2,1-3H3;1H. The Bertz CT molecular complexity index is 431. The largest absolute Gasteiger partial charge is 0.494 e. The minimum Gasteiger partial charge on any atom is -0.494 e. The highest BCUT2D eigenvalue weighted by atomic mass is 35.5. The van der Waals surface area contributed by atoms with Gasteiger partial charge in [0.25, 0.3) is 0 Å². The first-order valence-corrected chi connectivity index (χ1v) is 7.97. The SMILES string of the molecule is CCOc1cc(N2CCCCC2)c(OCC)cc1CC.Cl. The number of piperidine rings is 1. The van der Waals surface area contributed by atoms with E-state index in [2.05, 4.69) is 24.0 Å². The van der Waals surface area contributed by atoms with Crippen LogP contribution in [0, 0.1) is 0 Å². The summed E-state index contributed by atoms with van der Waals surface area (Å²) in [7, 11) is 0. The molecule has 1 aromatic rings. The second-order valence-electron chi connectivity index (χ2n) is 5.19. The molecule has 1 saturated heterocycles. The molecule has 0 N–H and O–H groups in total. The summed E-state index contributed by atoms with van der Waals surface area (Å²) in [5, 5.41) is 0. The van der Waals surface area contributed by atoms with Gasteiger partial charge >= 0.3 is 0 Å². The molecule has 120 valence electrons. The molecule has 4 heteroatoms. The molecule has 0 aromatic heterocycles. The first-order chi connectivity index (χ1) is 9.80. The fraction of sp³-hybridized carbons (Fsp3) is 0.647. The highest BCUT2D eigenvalue weighted by Gasteiger charge is 2.18. The fourth-order valence-corrected chi connectivity index (χ4v) is 2.81. The summed E-state index contributed by atoms with van der Waals surface area (Å²) in [5.41, 5.74) is 2.43. The molecule has 0 spiro atoms. The third-order valence-electron chi connectivity index (χ3n) is 3.82. The van der Waals surface area contributed by atoms with Gasteiger partial charge in [0.2, 0.25) is 0 Å². The van der Waals surface area contributed by atoms with Crippen molar-refractivity contribution >= 4 is 18.1 Å². The zero-order valence-electron chi connectivity index (χ0n) is 13.5. The smallest absolute Gasteiger partial charge is 0.143 e. The van der Waals surface area contributed by atoms with Crippen molar-refractivity contribution in [2.24, 2.45) is 0 Å². The summed E-state index contributed by atoms with van der Waals surface area (Å²) in [4.78, 5) is 2.44. The number of hydrogen-bond acceptors (Lipinski definition) is 3. The van der Waals surface area contributed by atoms with Gasteiger partial charge in [0.1, 0.15) is 11.5 Å². The highest BCUT2D eigenvalue weighted by molar-refractivity contribution is 5.85.